The van der Waals surface area contributed by atoms with Gasteiger partial charge in [0.05, 0.1) is 4.88 Å². The third-order valence-corrected chi connectivity index (χ3v) is 4.39. The Kier molecular flexibility index (Phi) is 3.64. The van der Waals surface area contributed by atoms with E-state index in [1.54, 1.807) is 0 Å². The first-order valence-electron chi connectivity index (χ1n) is 5.19. The predicted molar refractivity (Wildman–Crippen MR) is 75.9 cm³/mol. The molecule has 0 aliphatic heterocycles. The lowest BCUT2D eigenvalue weighted by Crippen LogP contribution is -2.11. The van der Waals surface area contributed by atoms with Crippen LogP contribution in [0, 0.1) is 13.8 Å². The molecule has 0 saturated heterocycles. The minimum absolute atomic E-state index is 0.0424. The Balaban J connectivity index is 2.19. The van der Waals surface area contributed by atoms with E-state index in [-0.39, 0.29) is 5.91 Å². The van der Waals surface area contributed by atoms with Crippen LogP contribution < -0.4 is 5.32 Å². The van der Waals surface area contributed by atoms with Gasteiger partial charge in [0.1, 0.15) is 0 Å². The number of thiophene rings is 1. The third kappa shape index (κ3) is 2.76. The highest BCUT2D eigenvalue weighted by atomic mass is 79.9. The van der Waals surface area contributed by atoms with Crippen LogP contribution in [0.15, 0.2) is 34.1 Å². The Labute approximate surface area is 113 Å². The van der Waals surface area contributed by atoms with Crippen molar-refractivity contribution in [3.8, 4) is 0 Å². The minimum atomic E-state index is -0.0424. The van der Waals surface area contributed by atoms with Crippen LogP contribution in [0.4, 0.5) is 5.69 Å². The van der Waals surface area contributed by atoms with E-state index >= 15 is 0 Å². The summed E-state index contributed by atoms with van der Waals surface area (Å²) < 4.78 is 1.04. The molecule has 17 heavy (non-hydrogen) atoms. The molecule has 0 saturated carbocycles. The van der Waals surface area contributed by atoms with Crippen LogP contribution in [-0.2, 0) is 0 Å². The number of halogens is 1. The van der Waals surface area contributed by atoms with E-state index in [1.165, 1.54) is 11.3 Å². The van der Waals surface area contributed by atoms with Gasteiger partial charge in [-0.1, -0.05) is 15.9 Å². The molecule has 4 heteroatoms. The van der Waals surface area contributed by atoms with E-state index in [4.69, 9.17) is 0 Å². The molecule has 1 N–H and O–H groups in total. The molecule has 1 aromatic heterocycles. The first-order valence-corrected chi connectivity index (χ1v) is 6.87. The van der Waals surface area contributed by atoms with Gasteiger partial charge >= 0.3 is 0 Å². The van der Waals surface area contributed by atoms with E-state index in [9.17, 15) is 4.79 Å². The summed E-state index contributed by atoms with van der Waals surface area (Å²) in [5.74, 6) is -0.0424. The lowest BCUT2D eigenvalue weighted by atomic mass is 10.2. The molecule has 0 aliphatic rings. The number of amides is 1. The largest absolute Gasteiger partial charge is 0.321 e. The van der Waals surface area contributed by atoms with Crippen molar-refractivity contribution in [2.24, 2.45) is 0 Å². The lowest BCUT2D eigenvalue weighted by Gasteiger charge is -2.06. The lowest BCUT2D eigenvalue weighted by molar-refractivity contribution is 0.103. The average molecular weight is 310 g/mol. The van der Waals surface area contributed by atoms with Crippen LogP contribution in [0.2, 0.25) is 0 Å². The maximum atomic E-state index is 12.0. The molecule has 0 unspecified atom stereocenters. The Hall–Kier alpha value is -1.13. The fraction of sp³-hybridized carbons (Fsp3) is 0.154. The molecule has 0 radical (unpaired) electrons. The van der Waals surface area contributed by atoms with Crippen molar-refractivity contribution in [2.45, 2.75) is 13.8 Å². The van der Waals surface area contributed by atoms with Gasteiger partial charge in [-0.25, -0.2) is 0 Å². The van der Waals surface area contributed by atoms with Gasteiger partial charge in [0.2, 0.25) is 0 Å². The maximum Gasteiger partial charge on any atom is 0.265 e. The van der Waals surface area contributed by atoms with Gasteiger partial charge in [-0.2, -0.15) is 0 Å². The summed E-state index contributed by atoms with van der Waals surface area (Å²) in [5, 5.41) is 4.83. The van der Waals surface area contributed by atoms with E-state index in [2.05, 4.69) is 21.2 Å². The Bertz CT molecular complexity index is 562. The second-order valence-corrected chi connectivity index (χ2v) is 5.62. The minimum Gasteiger partial charge on any atom is -0.321 e. The summed E-state index contributed by atoms with van der Waals surface area (Å²) in [6.45, 7) is 3.94. The molecule has 2 nitrogen and oxygen atoms in total. The second-order valence-electron chi connectivity index (χ2n) is 3.85. The zero-order valence-electron chi connectivity index (χ0n) is 9.58. The molecule has 0 aliphatic carbocycles. The number of nitrogens with one attached hydrogen (secondary N) is 1. The van der Waals surface area contributed by atoms with Gasteiger partial charge in [0.25, 0.3) is 5.91 Å². The number of benzene rings is 1. The normalized spacial score (nSPS) is 10.3. The molecular weight excluding hydrogens is 298 g/mol. The maximum absolute atomic E-state index is 12.0. The standard InChI is InChI=1S/C13H12BrNOS/c1-8-5-6-17-12(8)13(16)15-10-3-4-11(14)9(2)7-10/h3-7H,1-2H3,(H,15,16). The first-order chi connectivity index (χ1) is 8.08. The SMILES string of the molecule is Cc1cc(NC(=O)c2sccc2C)ccc1Br. The van der Waals surface area contributed by atoms with Crippen LogP contribution in [-0.4, -0.2) is 5.91 Å². The van der Waals surface area contributed by atoms with Gasteiger partial charge < -0.3 is 5.32 Å². The number of aryl methyl sites for hydroxylation is 2. The fourth-order valence-corrected chi connectivity index (χ4v) is 2.58. The van der Waals surface area contributed by atoms with Crippen LogP contribution in [0.1, 0.15) is 20.8 Å². The van der Waals surface area contributed by atoms with Crippen LogP contribution in [0.5, 0.6) is 0 Å². The Morgan fingerprint density at radius 1 is 1.24 bits per heavy atom. The summed E-state index contributed by atoms with van der Waals surface area (Å²) in [5.41, 5.74) is 2.94. The van der Waals surface area contributed by atoms with Crippen molar-refractivity contribution in [3.63, 3.8) is 0 Å². The van der Waals surface area contributed by atoms with E-state index in [0.717, 1.165) is 26.2 Å². The van der Waals surface area contributed by atoms with E-state index in [1.807, 2.05) is 43.5 Å². The van der Waals surface area contributed by atoms with Crippen molar-refractivity contribution >= 4 is 38.9 Å². The predicted octanol–water partition coefficient (Wildman–Crippen LogP) is 4.38. The quantitative estimate of drug-likeness (QED) is 0.876. The smallest absolute Gasteiger partial charge is 0.265 e. The molecule has 0 atom stereocenters. The summed E-state index contributed by atoms with van der Waals surface area (Å²) in [6.07, 6.45) is 0. The zero-order valence-corrected chi connectivity index (χ0v) is 12.0. The van der Waals surface area contributed by atoms with Crippen molar-refractivity contribution in [2.75, 3.05) is 5.32 Å². The highest BCUT2D eigenvalue weighted by Crippen LogP contribution is 2.22. The van der Waals surface area contributed by atoms with Crippen molar-refractivity contribution in [1.82, 2.24) is 0 Å². The molecule has 88 valence electrons. The van der Waals surface area contributed by atoms with Crippen molar-refractivity contribution < 1.29 is 4.79 Å². The molecule has 0 spiro atoms. The van der Waals surface area contributed by atoms with Crippen LogP contribution in [0.25, 0.3) is 0 Å². The zero-order chi connectivity index (χ0) is 12.4. The molecule has 1 amide bonds. The van der Waals surface area contributed by atoms with Gasteiger partial charge in [0.15, 0.2) is 0 Å². The van der Waals surface area contributed by atoms with Crippen LogP contribution >= 0.6 is 27.3 Å². The number of rotatable bonds is 2. The topological polar surface area (TPSA) is 29.1 Å². The fourth-order valence-electron chi connectivity index (χ4n) is 1.52. The van der Waals surface area contributed by atoms with Crippen LogP contribution in [0.3, 0.4) is 0 Å². The highest BCUT2D eigenvalue weighted by Gasteiger charge is 2.10. The van der Waals surface area contributed by atoms with E-state index < -0.39 is 0 Å². The summed E-state index contributed by atoms with van der Waals surface area (Å²) in [4.78, 5) is 12.7. The highest BCUT2D eigenvalue weighted by molar-refractivity contribution is 9.10. The molecule has 0 bridgehead atoms. The van der Waals surface area contributed by atoms with Crippen molar-refractivity contribution in [1.29, 1.82) is 0 Å². The summed E-state index contributed by atoms with van der Waals surface area (Å²) >= 11 is 4.90. The average Bonchev–Trinajstić information content (AvgIpc) is 2.70. The monoisotopic (exact) mass is 309 g/mol. The van der Waals surface area contributed by atoms with Gasteiger partial charge in [-0.05, 0) is 54.6 Å². The number of carbonyl (C=O) groups is 1. The third-order valence-electron chi connectivity index (χ3n) is 2.48. The number of hydrogen-bond donors (Lipinski definition) is 1. The number of carbonyl (C=O) groups excluding carboxylic acids is 1. The number of anilines is 1. The Morgan fingerprint density at radius 3 is 2.59 bits per heavy atom. The van der Waals surface area contributed by atoms with E-state index in [0.29, 0.717) is 0 Å². The number of hydrogen-bond acceptors (Lipinski definition) is 2. The molecule has 1 heterocycles. The second kappa shape index (κ2) is 5.02. The van der Waals surface area contributed by atoms with Crippen molar-refractivity contribution in [3.05, 3.63) is 50.1 Å². The first kappa shape index (κ1) is 12.3. The molecule has 2 aromatic rings. The summed E-state index contributed by atoms with van der Waals surface area (Å²) in [7, 11) is 0. The molecular formula is C13H12BrNOS. The summed E-state index contributed by atoms with van der Waals surface area (Å²) in [6, 6.07) is 7.72. The Morgan fingerprint density at radius 2 is 2.00 bits per heavy atom. The molecule has 1 aromatic carbocycles. The molecule has 2 rings (SSSR count). The van der Waals surface area contributed by atoms with Gasteiger partial charge in [0, 0.05) is 10.2 Å². The van der Waals surface area contributed by atoms with Gasteiger partial charge in [-0.3, -0.25) is 4.79 Å². The van der Waals surface area contributed by atoms with Gasteiger partial charge in [-0.15, -0.1) is 11.3 Å². The molecule has 0 fully saturated rings.